The van der Waals surface area contributed by atoms with Gasteiger partial charge in [-0.1, -0.05) is 20.8 Å². The second-order valence-electron chi connectivity index (χ2n) is 6.09. The number of carbonyl (C=O) groups excluding carboxylic acids is 1. The molecule has 21 heavy (non-hydrogen) atoms. The van der Waals surface area contributed by atoms with Gasteiger partial charge < -0.3 is 15.8 Å². The van der Waals surface area contributed by atoms with Crippen LogP contribution in [0.25, 0.3) is 0 Å². The molecule has 118 valence electrons. The zero-order valence-corrected chi connectivity index (χ0v) is 14.2. The Hall–Kier alpha value is -1.07. The molecule has 1 saturated carbocycles. The molecule has 0 radical (unpaired) electrons. The minimum atomic E-state index is -0.0215. The van der Waals surface area contributed by atoms with Gasteiger partial charge in [0.25, 0.3) is 0 Å². The predicted molar refractivity (Wildman–Crippen MR) is 89.5 cm³/mol. The average Bonchev–Trinajstić information content (AvgIpc) is 3.22. The number of methoxy groups -OCH3 is 1. The van der Waals surface area contributed by atoms with Crippen molar-refractivity contribution in [2.75, 3.05) is 24.8 Å². The molecule has 1 aliphatic carbocycles. The molecule has 1 atom stereocenters. The molecule has 5 heteroatoms. The summed E-state index contributed by atoms with van der Waals surface area (Å²) in [6.07, 6.45) is 3.32. The third kappa shape index (κ3) is 3.58. The smallest absolute Gasteiger partial charge is 0.177 e. The molecule has 2 rings (SSSR count). The summed E-state index contributed by atoms with van der Waals surface area (Å²) in [7, 11) is 1.71. The van der Waals surface area contributed by atoms with Crippen LogP contribution in [0.5, 0.6) is 0 Å². The summed E-state index contributed by atoms with van der Waals surface area (Å²) in [5.41, 5.74) is 8.16. The number of thiophene rings is 1. The maximum Gasteiger partial charge on any atom is 0.177 e. The third-order valence-corrected chi connectivity index (χ3v) is 5.08. The Labute approximate surface area is 131 Å². The van der Waals surface area contributed by atoms with Crippen LogP contribution in [0.4, 0.5) is 10.7 Å². The first-order chi connectivity index (χ1) is 9.99. The van der Waals surface area contributed by atoms with Crippen molar-refractivity contribution < 1.29 is 9.53 Å². The number of rotatable bonds is 8. The number of anilines is 2. The summed E-state index contributed by atoms with van der Waals surface area (Å²) in [6, 6.07) is 0.257. The number of Topliss-reactive ketones (excluding diaryl/α,β-unsaturated/α-hetero) is 1. The molecule has 1 aromatic rings. The molecule has 0 spiro atoms. The van der Waals surface area contributed by atoms with E-state index < -0.39 is 0 Å². The molecule has 0 aliphatic heterocycles. The Bertz CT molecular complexity index is 507. The molecule has 1 aliphatic rings. The lowest BCUT2D eigenvalue weighted by molar-refractivity contribution is 0.0944. The highest BCUT2D eigenvalue weighted by Gasteiger charge is 2.33. The van der Waals surface area contributed by atoms with E-state index in [0.29, 0.717) is 18.2 Å². The lowest BCUT2D eigenvalue weighted by atomic mass is 10.0. The molecule has 1 unspecified atom stereocenters. The number of nitrogens with two attached hydrogens (primary N) is 1. The number of carbonyl (C=O) groups is 1. The van der Waals surface area contributed by atoms with Crippen molar-refractivity contribution >= 4 is 27.8 Å². The molecule has 0 bridgehead atoms. The fourth-order valence-corrected chi connectivity index (χ4v) is 3.81. The van der Waals surface area contributed by atoms with Crippen molar-refractivity contribution in [1.82, 2.24) is 0 Å². The molecule has 1 fully saturated rings. The van der Waals surface area contributed by atoms with Crippen LogP contribution >= 0.6 is 11.3 Å². The Morgan fingerprint density at radius 3 is 2.62 bits per heavy atom. The lowest BCUT2D eigenvalue weighted by Crippen LogP contribution is -2.23. The topological polar surface area (TPSA) is 64.3 Å². The molecule has 4 nitrogen and oxygen atoms in total. The summed E-state index contributed by atoms with van der Waals surface area (Å²) in [5.74, 6) is 0.650. The van der Waals surface area contributed by atoms with Crippen molar-refractivity contribution in [1.29, 1.82) is 0 Å². The van der Waals surface area contributed by atoms with Gasteiger partial charge in [0, 0.05) is 24.6 Å². The van der Waals surface area contributed by atoms with Crippen LogP contribution in [0.1, 0.15) is 61.2 Å². The first kappa shape index (κ1) is 16.3. The van der Waals surface area contributed by atoms with Gasteiger partial charge in [0.2, 0.25) is 0 Å². The van der Waals surface area contributed by atoms with Crippen LogP contribution in [0, 0.1) is 5.92 Å². The molecular formula is C16H26N2O2S. The van der Waals surface area contributed by atoms with Crippen LogP contribution in [-0.4, -0.2) is 25.5 Å². The molecule has 1 heterocycles. The molecule has 3 N–H and O–H groups in total. The molecule has 0 saturated heterocycles. The molecule has 0 amide bonds. The summed E-state index contributed by atoms with van der Waals surface area (Å²) in [6.45, 7) is 6.63. The van der Waals surface area contributed by atoms with Crippen molar-refractivity contribution in [3.05, 3.63) is 10.4 Å². The number of hydrogen-bond acceptors (Lipinski definition) is 5. The molecular weight excluding hydrogens is 284 g/mol. The average molecular weight is 310 g/mol. The highest BCUT2D eigenvalue weighted by molar-refractivity contribution is 7.18. The zero-order chi connectivity index (χ0) is 15.6. The second kappa shape index (κ2) is 6.79. The number of nitrogen functional groups attached to an aromatic ring is 1. The highest BCUT2D eigenvalue weighted by atomic mass is 32.1. The minimum absolute atomic E-state index is 0.0215. The Balaban J connectivity index is 2.31. The quantitative estimate of drug-likeness (QED) is 0.715. The van der Waals surface area contributed by atoms with Gasteiger partial charge in [-0.05, 0) is 25.2 Å². The second-order valence-corrected chi connectivity index (χ2v) is 7.11. The van der Waals surface area contributed by atoms with Crippen LogP contribution in [-0.2, 0) is 4.74 Å². The zero-order valence-electron chi connectivity index (χ0n) is 13.4. The Kier molecular flexibility index (Phi) is 5.27. The van der Waals surface area contributed by atoms with Crippen molar-refractivity contribution in [3.63, 3.8) is 0 Å². The van der Waals surface area contributed by atoms with Crippen molar-refractivity contribution in [2.24, 2.45) is 5.92 Å². The Morgan fingerprint density at radius 2 is 2.14 bits per heavy atom. The highest BCUT2D eigenvalue weighted by Crippen LogP contribution is 2.51. The Morgan fingerprint density at radius 1 is 1.48 bits per heavy atom. The summed E-state index contributed by atoms with van der Waals surface area (Å²) in [5, 5.41) is 4.61. The number of hydrogen-bond donors (Lipinski definition) is 2. The van der Waals surface area contributed by atoms with Crippen LogP contribution in [0.3, 0.4) is 0 Å². The van der Waals surface area contributed by atoms with E-state index in [4.69, 9.17) is 10.5 Å². The third-order valence-electron chi connectivity index (χ3n) is 3.91. The van der Waals surface area contributed by atoms with Gasteiger partial charge in [-0.2, -0.15) is 0 Å². The van der Waals surface area contributed by atoms with E-state index in [-0.39, 0.29) is 17.7 Å². The van der Waals surface area contributed by atoms with Crippen LogP contribution < -0.4 is 11.1 Å². The minimum Gasteiger partial charge on any atom is -0.397 e. The predicted octanol–water partition coefficient (Wildman–Crippen LogP) is 3.88. The van der Waals surface area contributed by atoms with E-state index >= 15 is 0 Å². The lowest BCUT2D eigenvalue weighted by Gasteiger charge is -2.17. The first-order valence-electron chi connectivity index (χ1n) is 7.71. The van der Waals surface area contributed by atoms with E-state index in [2.05, 4.69) is 12.2 Å². The van der Waals surface area contributed by atoms with Crippen LogP contribution in [0.15, 0.2) is 0 Å². The van der Waals surface area contributed by atoms with Gasteiger partial charge in [-0.3, -0.25) is 4.79 Å². The van der Waals surface area contributed by atoms with E-state index in [1.165, 1.54) is 29.7 Å². The van der Waals surface area contributed by atoms with E-state index in [0.717, 1.165) is 16.3 Å². The monoisotopic (exact) mass is 310 g/mol. The summed E-state index contributed by atoms with van der Waals surface area (Å²) < 4.78 is 5.25. The van der Waals surface area contributed by atoms with Gasteiger partial charge in [0.1, 0.15) is 0 Å². The van der Waals surface area contributed by atoms with Gasteiger partial charge in [-0.25, -0.2) is 0 Å². The van der Waals surface area contributed by atoms with Crippen LogP contribution in [0.2, 0.25) is 0 Å². The fourth-order valence-electron chi connectivity index (χ4n) is 2.43. The first-order valence-corrected chi connectivity index (χ1v) is 8.53. The molecule has 1 aromatic heterocycles. The maximum atomic E-state index is 12.3. The van der Waals surface area contributed by atoms with Crippen molar-refractivity contribution in [3.8, 4) is 0 Å². The standard InChI is InChI=1S/C16H26N2O2S/c1-5-11(8-20-4)18-16-12(10-6-7-10)13(17)15(21-16)14(19)9(2)3/h9-11,18H,5-8,17H2,1-4H3. The fraction of sp³-hybridized carbons (Fsp3) is 0.688. The van der Waals surface area contributed by atoms with E-state index in [1.807, 2.05) is 13.8 Å². The normalized spacial score (nSPS) is 16.2. The molecule has 0 aromatic carbocycles. The van der Waals surface area contributed by atoms with Gasteiger partial charge >= 0.3 is 0 Å². The number of nitrogens with one attached hydrogen (secondary N) is 1. The number of ketones is 1. The van der Waals surface area contributed by atoms with E-state index in [1.54, 1.807) is 7.11 Å². The summed E-state index contributed by atoms with van der Waals surface area (Å²) in [4.78, 5) is 13.1. The SMILES string of the molecule is CCC(COC)Nc1sc(C(=O)C(C)C)c(N)c1C1CC1. The van der Waals surface area contributed by atoms with Gasteiger partial charge in [-0.15, -0.1) is 11.3 Å². The maximum absolute atomic E-state index is 12.3. The van der Waals surface area contributed by atoms with E-state index in [9.17, 15) is 4.79 Å². The summed E-state index contributed by atoms with van der Waals surface area (Å²) >= 11 is 1.52. The van der Waals surface area contributed by atoms with Crippen molar-refractivity contribution in [2.45, 2.75) is 52.0 Å². The van der Waals surface area contributed by atoms with Gasteiger partial charge in [0.15, 0.2) is 5.78 Å². The number of ether oxygens (including phenoxy) is 1. The largest absolute Gasteiger partial charge is 0.397 e. The van der Waals surface area contributed by atoms with Gasteiger partial charge in [0.05, 0.1) is 22.2 Å².